The largest absolute Gasteiger partial charge is 0.390 e. The van der Waals surface area contributed by atoms with Crippen molar-refractivity contribution in [1.29, 1.82) is 0 Å². The summed E-state index contributed by atoms with van der Waals surface area (Å²) < 4.78 is 27.5. The highest BCUT2D eigenvalue weighted by Gasteiger charge is 2.58. The van der Waals surface area contributed by atoms with Crippen molar-refractivity contribution in [1.82, 2.24) is 0 Å². The van der Waals surface area contributed by atoms with E-state index in [0.29, 0.717) is 17.8 Å². The zero-order chi connectivity index (χ0) is 21.3. The number of aliphatic hydroxyl groups is 1. The number of ketones is 1. The average Bonchev–Trinajstić information content (AvgIpc) is 3.02. The number of benzene rings is 1. The van der Waals surface area contributed by atoms with Crippen LogP contribution in [0.2, 0.25) is 0 Å². The molecule has 0 unspecified atom stereocenters. The van der Waals surface area contributed by atoms with Crippen molar-refractivity contribution < 1.29 is 18.7 Å². The van der Waals surface area contributed by atoms with Crippen molar-refractivity contribution in [2.75, 3.05) is 0 Å². The first-order valence-electron chi connectivity index (χ1n) is 11.9. The molecule has 4 heteroatoms. The van der Waals surface area contributed by atoms with Crippen LogP contribution in [-0.4, -0.2) is 16.5 Å². The van der Waals surface area contributed by atoms with E-state index in [9.17, 15) is 18.7 Å². The van der Waals surface area contributed by atoms with Gasteiger partial charge in [-0.2, -0.15) is 0 Å². The lowest BCUT2D eigenvalue weighted by atomic mass is 9.49. The minimum atomic E-state index is -0.673. The Hall–Kier alpha value is -1.29. The van der Waals surface area contributed by atoms with Crippen LogP contribution in [0.15, 0.2) is 18.2 Å². The number of carbonyl (C=O) groups excluding carboxylic acids is 1. The fourth-order valence-corrected chi connectivity index (χ4v) is 8.41. The van der Waals surface area contributed by atoms with Crippen LogP contribution in [0.4, 0.5) is 8.78 Å². The predicted octanol–water partition coefficient (Wildman–Crippen LogP) is 6.17. The molecule has 1 N–H and O–H groups in total. The molecular weight excluding hydrogens is 382 g/mol. The van der Waals surface area contributed by atoms with Crippen LogP contribution < -0.4 is 0 Å². The van der Waals surface area contributed by atoms with Gasteiger partial charge >= 0.3 is 0 Å². The zero-order valence-electron chi connectivity index (χ0n) is 18.2. The van der Waals surface area contributed by atoms with Gasteiger partial charge in [0.2, 0.25) is 0 Å². The van der Waals surface area contributed by atoms with E-state index in [2.05, 4.69) is 6.92 Å². The zero-order valence-corrected chi connectivity index (χ0v) is 18.2. The van der Waals surface area contributed by atoms with E-state index in [4.69, 9.17) is 0 Å². The highest BCUT2D eigenvalue weighted by Crippen LogP contribution is 2.65. The standard InChI is InChI=1S/C26H34F2O2/c1-25(30)9-7-19-15(14-25)3-4-21-20(19)8-10-26(2)22(21)5-6-23(26)24(29)16-11-17(27)13-18(28)12-16/h11-13,15,19-23,30H,3-10,14H2,1-2H3/t15-,19+,20-,21-,22+,23-,25-,26+/m1/s1. The Morgan fingerprint density at radius 2 is 1.60 bits per heavy atom. The van der Waals surface area contributed by atoms with E-state index in [-0.39, 0.29) is 22.7 Å². The summed E-state index contributed by atoms with van der Waals surface area (Å²) in [4.78, 5) is 13.3. The Kier molecular flexibility index (Phi) is 4.89. The van der Waals surface area contributed by atoms with Gasteiger partial charge in [-0.05, 0) is 112 Å². The molecule has 8 atom stereocenters. The molecular formula is C26H34F2O2. The highest BCUT2D eigenvalue weighted by molar-refractivity contribution is 5.98. The van der Waals surface area contributed by atoms with Crippen molar-refractivity contribution in [2.45, 2.75) is 77.2 Å². The first kappa shape index (κ1) is 20.6. The monoisotopic (exact) mass is 416 g/mol. The summed E-state index contributed by atoms with van der Waals surface area (Å²) in [5.41, 5.74) is -0.365. The lowest BCUT2D eigenvalue weighted by Crippen LogP contribution is -2.51. The van der Waals surface area contributed by atoms with Gasteiger partial charge < -0.3 is 5.11 Å². The molecule has 4 fully saturated rings. The third-order valence-corrected chi connectivity index (χ3v) is 9.70. The number of rotatable bonds is 2. The Balaban J connectivity index is 1.37. The van der Waals surface area contributed by atoms with Crippen molar-refractivity contribution in [3.05, 3.63) is 35.4 Å². The van der Waals surface area contributed by atoms with E-state index in [1.807, 2.05) is 6.92 Å². The third kappa shape index (κ3) is 3.25. The molecule has 4 saturated carbocycles. The van der Waals surface area contributed by atoms with Crippen LogP contribution in [0.1, 0.15) is 82.0 Å². The van der Waals surface area contributed by atoms with E-state index in [1.165, 1.54) is 25.0 Å². The SMILES string of the molecule is C[C@@]1(O)CC[C@H]2[C@H](CC[C@@H]3[C@@H]2CC[C@]2(C)[C@@H](C(=O)c4cc(F)cc(F)c4)CC[C@@H]32)C1. The molecule has 0 radical (unpaired) electrons. The summed E-state index contributed by atoms with van der Waals surface area (Å²) in [6, 6.07) is 3.24. The maximum atomic E-state index is 13.7. The molecule has 0 aromatic heterocycles. The molecule has 30 heavy (non-hydrogen) atoms. The molecule has 0 saturated heterocycles. The number of hydrogen-bond acceptors (Lipinski definition) is 2. The Labute approximate surface area is 178 Å². The van der Waals surface area contributed by atoms with Gasteiger partial charge in [-0.1, -0.05) is 6.92 Å². The van der Waals surface area contributed by atoms with E-state index >= 15 is 0 Å². The average molecular weight is 417 g/mol. The Morgan fingerprint density at radius 3 is 2.33 bits per heavy atom. The molecule has 0 spiro atoms. The molecule has 2 nitrogen and oxygen atoms in total. The fraction of sp³-hybridized carbons (Fsp3) is 0.731. The number of fused-ring (bicyclic) bond motifs is 5. The maximum absolute atomic E-state index is 13.7. The summed E-state index contributed by atoms with van der Waals surface area (Å²) in [5, 5.41) is 10.6. The smallest absolute Gasteiger partial charge is 0.166 e. The number of halogens is 2. The second kappa shape index (κ2) is 7.12. The fourth-order valence-electron chi connectivity index (χ4n) is 8.41. The van der Waals surface area contributed by atoms with E-state index < -0.39 is 17.2 Å². The van der Waals surface area contributed by atoms with Crippen LogP contribution >= 0.6 is 0 Å². The van der Waals surface area contributed by atoms with E-state index in [0.717, 1.165) is 62.8 Å². The highest BCUT2D eigenvalue weighted by atomic mass is 19.1. The van der Waals surface area contributed by atoms with Gasteiger partial charge in [0.15, 0.2) is 5.78 Å². The molecule has 164 valence electrons. The van der Waals surface area contributed by atoms with Gasteiger partial charge in [0.1, 0.15) is 11.6 Å². The van der Waals surface area contributed by atoms with Crippen molar-refractivity contribution in [2.24, 2.45) is 40.9 Å². The molecule has 0 heterocycles. The molecule has 1 aromatic rings. The number of Topliss-reactive ketones (excluding diaryl/α,β-unsaturated/α-hetero) is 1. The predicted molar refractivity (Wildman–Crippen MR) is 112 cm³/mol. The summed E-state index contributed by atoms with van der Waals surface area (Å²) in [5.74, 6) is 1.74. The molecule has 0 aliphatic heterocycles. The minimum Gasteiger partial charge on any atom is -0.390 e. The summed E-state index contributed by atoms with van der Waals surface area (Å²) >= 11 is 0. The topological polar surface area (TPSA) is 37.3 Å². The van der Waals surface area contributed by atoms with Gasteiger partial charge in [-0.15, -0.1) is 0 Å². The molecule has 0 amide bonds. The van der Waals surface area contributed by atoms with Crippen molar-refractivity contribution in [3.8, 4) is 0 Å². The van der Waals surface area contributed by atoms with Crippen molar-refractivity contribution >= 4 is 5.78 Å². The Bertz CT molecular complexity index is 829. The van der Waals surface area contributed by atoms with Crippen LogP contribution in [0.3, 0.4) is 0 Å². The first-order chi connectivity index (χ1) is 14.2. The molecule has 4 aliphatic rings. The number of carbonyl (C=O) groups is 1. The second-order valence-electron chi connectivity index (χ2n) is 11.4. The lowest BCUT2D eigenvalue weighted by Gasteiger charge is -2.56. The van der Waals surface area contributed by atoms with Crippen LogP contribution in [0.25, 0.3) is 0 Å². The lowest BCUT2D eigenvalue weighted by molar-refractivity contribution is -0.0976. The normalized spacial score (nSPS) is 45.4. The molecule has 0 bridgehead atoms. The van der Waals surface area contributed by atoms with Crippen LogP contribution in [0, 0.1) is 52.6 Å². The summed E-state index contributed by atoms with van der Waals surface area (Å²) in [6.45, 7) is 4.27. The van der Waals surface area contributed by atoms with Gasteiger partial charge in [0.25, 0.3) is 0 Å². The van der Waals surface area contributed by atoms with Crippen molar-refractivity contribution in [3.63, 3.8) is 0 Å². The second-order valence-corrected chi connectivity index (χ2v) is 11.4. The summed E-state index contributed by atoms with van der Waals surface area (Å²) in [7, 11) is 0. The van der Waals surface area contributed by atoms with Gasteiger partial charge in [0, 0.05) is 17.5 Å². The first-order valence-corrected chi connectivity index (χ1v) is 11.9. The Morgan fingerprint density at radius 1 is 0.900 bits per heavy atom. The summed E-state index contributed by atoms with van der Waals surface area (Å²) in [6.07, 6.45) is 9.47. The van der Waals surface area contributed by atoms with Gasteiger partial charge in [-0.3, -0.25) is 4.79 Å². The molecule has 1 aromatic carbocycles. The van der Waals surface area contributed by atoms with E-state index in [1.54, 1.807) is 0 Å². The quantitative estimate of drug-likeness (QED) is 0.586. The molecule has 5 rings (SSSR count). The maximum Gasteiger partial charge on any atom is 0.166 e. The number of hydrogen-bond donors (Lipinski definition) is 1. The molecule has 4 aliphatic carbocycles. The van der Waals surface area contributed by atoms with Crippen LogP contribution in [-0.2, 0) is 0 Å². The third-order valence-electron chi connectivity index (χ3n) is 9.70. The van der Waals surface area contributed by atoms with Crippen LogP contribution in [0.5, 0.6) is 0 Å². The van der Waals surface area contributed by atoms with Gasteiger partial charge in [-0.25, -0.2) is 8.78 Å². The minimum absolute atomic E-state index is 0.0615. The van der Waals surface area contributed by atoms with Gasteiger partial charge in [0.05, 0.1) is 5.60 Å².